The second-order valence-electron chi connectivity index (χ2n) is 9.57. The summed E-state index contributed by atoms with van der Waals surface area (Å²) < 4.78 is 18.9. The summed E-state index contributed by atoms with van der Waals surface area (Å²) in [5.41, 5.74) is 3.73. The van der Waals surface area contributed by atoms with Gasteiger partial charge in [-0.1, -0.05) is 29.8 Å². The summed E-state index contributed by atoms with van der Waals surface area (Å²) in [5.74, 6) is -0.481. The number of carbonyl (C=O) groups is 2. The molecule has 0 spiro atoms. The Morgan fingerprint density at radius 2 is 1.68 bits per heavy atom. The Morgan fingerprint density at radius 1 is 0.974 bits per heavy atom. The molecule has 0 unspecified atom stereocenters. The van der Waals surface area contributed by atoms with Gasteiger partial charge in [0.25, 0.3) is 0 Å². The molecule has 1 N–H and O–H groups in total. The number of hydrogen-bond donors (Lipinski definition) is 1. The number of carbonyl (C=O) groups excluding carboxylic acids is 2. The van der Waals surface area contributed by atoms with Gasteiger partial charge in [0.2, 0.25) is 5.91 Å². The lowest BCUT2D eigenvalue weighted by atomic mass is 10.2. The Balaban J connectivity index is 1.50. The second-order valence-corrected chi connectivity index (χ2v) is 10.6. The number of nitrogens with zero attached hydrogens (tertiary/aromatic N) is 3. The number of urea groups is 1. The van der Waals surface area contributed by atoms with E-state index in [-0.39, 0.29) is 24.3 Å². The first kappa shape index (κ1) is 27.8. The highest BCUT2D eigenvalue weighted by Gasteiger charge is 2.24. The smallest absolute Gasteiger partial charge is 0.322 e. The maximum Gasteiger partial charge on any atom is 0.322 e. The number of ether oxygens (including phenoxy) is 1. The maximum absolute atomic E-state index is 13.7. The molecule has 9 heteroatoms. The fraction of sp³-hybridized carbons (Fsp3) is 0.379. The van der Waals surface area contributed by atoms with Crippen LogP contribution in [0.3, 0.4) is 0 Å². The predicted molar refractivity (Wildman–Crippen MR) is 149 cm³/mol. The minimum atomic E-state index is -0.317. The lowest BCUT2D eigenvalue weighted by Crippen LogP contribution is -2.48. The second kappa shape index (κ2) is 13.5. The van der Waals surface area contributed by atoms with Crippen LogP contribution in [0.15, 0.2) is 60.0 Å². The molecule has 0 bridgehead atoms. The van der Waals surface area contributed by atoms with E-state index < -0.39 is 0 Å². The fourth-order valence-electron chi connectivity index (χ4n) is 4.22. The SMILES string of the molecule is Cc1ccc(NC(=O)N(CCN2CCOCC2)CC(=O)N(Cc2ccc(F)cc2)Cc2sccc2C)cc1. The summed E-state index contributed by atoms with van der Waals surface area (Å²) in [5, 5.41) is 4.95. The molecule has 7 nitrogen and oxygen atoms in total. The number of morpholine rings is 1. The van der Waals surface area contributed by atoms with Crippen LogP contribution in [0, 0.1) is 19.7 Å². The van der Waals surface area contributed by atoms with E-state index in [2.05, 4.69) is 10.2 Å². The first-order valence-electron chi connectivity index (χ1n) is 12.9. The number of thiophene rings is 1. The van der Waals surface area contributed by atoms with Gasteiger partial charge in [-0.3, -0.25) is 9.69 Å². The van der Waals surface area contributed by atoms with E-state index in [9.17, 15) is 14.0 Å². The quantitative estimate of drug-likeness (QED) is 0.399. The molecule has 38 heavy (non-hydrogen) atoms. The highest BCUT2D eigenvalue weighted by molar-refractivity contribution is 7.10. The topological polar surface area (TPSA) is 65.1 Å². The molecule has 1 aliphatic heterocycles. The van der Waals surface area contributed by atoms with Crippen LogP contribution in [-0.4, -0.2) is 72.6 Å². The first-order chi connectivity index (χ1) is 18.4. The van der Waals surface area contributed by atoms with Crippen LogP contribution in [0.2, 0.25) is 0 Å². The van der Waals surface area contributed by atoms with Gasteiger partial charge in [0, 0.05) is 43.3 Å². The van der Waals surface area contributed by atoms with Gasteiger partial charge in [-0.2, -0.15) is 0 Å². The van der Waals surface area contributed by atoms with E-state index in [0.717, 1.165) is 34.7 Å². The van der Waals surface area contributed by atoms with E-state index >= 15 is 0 Å². The predicted octanol–water partition coefficient (Wildman–Crippen LogP) is 4.90. The van der Waals surface area contributed by atoms with Crippen molar-refractivity contribution < 1.29 is 18.7 Å². The lowest BCUT2D eigenvalue weighted by Gasteiger charge is -2.31. The summed E-state index contributed by atoms with van der Waals surface area (Å²) in [6.45, 7) is 8.70. The molecule has 0 atom stereocenters. The monoisotopic (exact) mass is 538 g/mol. The molecule has 202 valence electrons. The molecular weight excluding hydrogens is 503 g/mol. The molecule has 2 aromatic carbocycles. The number of amides is 3. The third-order valence-electron chi connectivity index (χ3n) is 6.65. The van der Waals surface area contributed by atoms with Gasteiger partial charge in [0.05, 0.1) is 19.8 Å². The minimum absolute atomic E-state index is 0.0619. The molecule has 0 radical (unpaired) electrons. The molecular formula is C29H35FN4O3S. The molecule has 0 saturated carbocycles. The Kier molecular flexibility index (Phi) is 9.86. The standard InChI is InChI=1S/C29H35FN4O3S/c1-22-3-9-26(10-4-22)31-29(36)33(13-12-32-14-16-37-17-15-32)21-28(35)34(20-27-23(2)11-18-38-27)19-24-5-7-25(30)8-6-24/h3-11,18H,12-17,19-21H2,1-2H3,(H,31,36). The highest BCUT2D eigenvalue weighted by atomic mass is 32.1. The van der Waals surface area contributed by atoms with Crippen LogP contribution in [-0.2, 0) is 22.6 Å². The van der Waals surface area contributed by atoms with Crippen molar-refractivity contribution in [2.24, 2.45) is 0 Å². The molecule has 0 aliphatic carbocycles. The van der Waals surface area contributed by atoms with Crippen LogP contribution in [0.1, 0.15) is 21.6 Å². The average Bonchev–Trinajstić information content (AvgIpc) is 3.33. The Hall–Kier alpha value is -3.27. The highest BCUT2D eigenvalue weighted by Crippen LogP contribution is 2.20. The number of aryl methyl sites for hydroxylation is 2. The molecule has 2 heterocycles. The number of nitrogens with one attached hydrogen (secondary N) is 1. The number of halogens is 1. The fourth-order valence-corrected chi connectivity index (χ4v) is 5.14. The van der Waals surface area contributed by atoms with Gasteiger partial charge < -0.3 is 19.9 Å². The maximum atomic E-state index is 13.7. The van der Waals surface area contributed by atoms with Gasteiger partial charge >= 0.3 is 6.03 Å². The van der Waals surface area contributed by atoms with Crippen molar-refractivity contribution >= 4 is 29.0 Å². The number of benzene rings is 2. The Labute approximate surface area is 227 Å². The summed E-state index contributed by atoms with van der Waals surface area (Å²) in [7, 11) is 0. The van der Waals surface area contributed by atoms with E-state index in [0.29, 0.717) is 45.1 Å². The molecule has 1 aliphatic rings. The molecule has 1 fully saturated rings. The van der Waals surface area contributed by atoms with Crippen LogP contribution < -0.4 is 5.32 Å². The largest absolute Gasteiger partial charge is 0.379 e. The first-order valence-corrected chi connectivity index (χ1v) is 13.7. The molecule has 1 aromatic heterocycles. The zero-order chi connectivity index (χ0) is 26.9. The van der Waals surface area contributed by atoms with Crippen LogP contribution in [0.25, 0.3) is 0 Å². The van der Waals surface area contributed by atoms with Crippen molar-refractivity contribution in [3.8, 4) is 0 Å². The number of anilines is 1. The van der Waals surface area contributed by atoms with E-state index in [4.69, 9.17) is 4.74 Å². The minimum Gasteiger partial charge on any atom is -0.379 e. The Morgan fingerprint density at radius 3 is 2.34 bits per heavy atom. The molecule has 1 saturated heterocycles. The molecule has 3 amide bonds. The third kappa shape index (κ3) is 8.11. The molecule has 4 rings (SSSR count). The third-order valence-corrected chi connectivity index (χ3v) is 7.66. The summed E-state index contributed by atoms with van der Waals surface area (Å²) >= 11 is 1.60. The van der Waals surface area contributed by atoms with Gasteiger partial charge in [-0.05, 0) is 60.7 Å². The van der Waals surface area contributed by atoms with E-state index in [1.165, 1.54) is 12.1 Å². The lowest BCUT2D eigenvalue weighted by molar-refractivity contribution is -0.133. The zero-order valence-electron chi connectivity index (χ0n) is 22.0. The van der Waals surface area contributed by atoms with E-state index in [1.54, 1.807) is 33.3 Å². The molecule has 3 aromatic rings. The van der Waals surface area contributed by atoms with Crippen molar-refractivity contribution in [2.45, 2.75) is 26.9 Å². The van der Waals surface area contributed by atoms with Crippen molar-refractivity contribution in [1.29, 1.82) is 0 Å². The van der Waals surface area contributed by atoms with Crippen molar-refractivity contribution in [3.05, 3.63) is 87.4 Å². The number of hydrogen-bond acceptors (Lipinski definition) is 5. The van der Waals surface area contributed by atoms with Gasteiger partial charge in [0.1, 0.15) is 12.4 Å². The summed E-state index contributed by atoms with van der Waals surface area (Å²) in [4.78, 5) is 33.7. The van der Waals surface area contributed by atoms with Gasteiger partial charge in [0.15, 0.2) is 0 Å². The number of rotatable bonds is 10. The summed E-state index contributed by atoms with van der Waals surface area (Å²) in [6.07, 6.45) is 0. The van der Waals surface area contributed by atoms with Gasteiger partial charge in [-0.15, -0.1) is 11.3 Å². The summed E-state index contributed by atoms with van der Waals surface area (Å²) in [6, 6.07) is 15.5. The van der Waals surface area contributed by atoms with Crippen LogP contribution in [0.5, 0.6) is 0 Å². The van der Waals surface area contributed by atoms with E-state index in [1.807, 2.05) is 49.6 Å². The van der Waals surface area contributed by atoms with Crippen LogP contribution in [0.4, 0.5) is 14.9 Å². The van der Waals surface area contributed by atoms with Crippen molar-refractivity contribution in [3.63, 3.8) is 0 Å². The zero-order valence-corrected chi connectivity index (χ0v) is 22.8. The van der Waals surface area contributed by atoms with Crippen molar-refractivity contribution in [2.75, 3.05) is 51.3 Å². The van der Waals surface area contributed by atoms with Crippen molar-refractivity contribution in [1.82, 2.24) is 14.7 Å². The Bertz CT molecular complexity index is 1190. The normalized spacial score (nSPS) is 13.8. The average molecular weight is 539 g/mol. The van der Waals surface area contributed by atoms with Crippen LogP contribution >= 0.6 is 11.3 Å². The van der Waals surface area contributed by atoms with Gasteiger partial charge in [-0.25, -0.2) is 9.18 Å².